The molecule has 4 fully saturated rings. The summed E-state index contributed by atoms with van der Waals surface area (Å²) in [5.74, 6) is 0.964. The van der Waals surface area contributed by atoms with Crippen molar-refractivity contribution < 1.29 is 14.3 Å². The molecule has 0 radical (unpaired) electrons. The van der Waals surface area contributed by atoms with Gasteiger partial charge in [-0.2, -0.15) is 0 Å². The highest BCUT2D eigenvalue weighted by atomic mass is 35.5. The van der Waals surface area contributed by atoms with Crippen LogP contribution >= 0.6 is 11.6 Å². The standard InChI is InChI=1S/C14H19ClO3/c1-2-11(15)13(17)18-14-5-8-3-9(6-14)12(16)10(4-8)7-14/h8-11H,2-7H2,1H3. The maximum Gasteiger partial charge on any atom is 0.324 e. The first-order valence-electron chi connectivity index (χ1n) is 6.93. The Balaban J connectivity index is 1.76. The molecule has 4 bridgehead atoms. The molecule has 0 aromatic heterocycles. The van der Waals surface area contributed by atoms with Gasteiger partial charge in [0.15, 0.2) is 0 Å². The van der Waals surface area contributed by atoms with Crippen molar-refractivity contribution in [2.75, 3.05) is 0 Å². The van der Waals surface area contributed by atoms with Crippen molar-refractivity contribution in [2.24, 2.45) is 17.8 Å². The molecule has 0 N–H and O–H groups in total. The Kier molecular flexibility index (Phi) is 2.92. The van der Waals surface area contributed by atoms with Gasteiger partial charge in [0.1, 0.15) is 16.8 Å². The second-order valence-corrected chi connectivity index (χ2v) is 6.75. The molecule has 3 nitrogen and oxygen atoms in total. The predicted molar refractivity (Wildman–Crippen MR) is 67.3 cm³/mol. The van der Waals surface area contributed by atoms with Crippen LogP contribution in [0.3, 0.4) is 0 Å². The van der Waals surface area contributed by atoms with Crippen LogP contribution in [-0.2, 0) is 14.3 Å². The summed E-state index contributed by atoms with van der Waals surface area (Å²) in [6, 6.07) is 0. The normalized spacial score (nSPS) is 43.0. The van der Waals surface area contributed by atoms with Gasteiger partial charge in [-0.1, -0.05) is 6.92 Å². The number of carbonyl (C=O) groups is 2. The first-order chi connectivity index (χ1) is 8.53. The molecule has 4 aliphatic rings. The highest BCUT2D eigenvalue weighted by molar-refractivity contribution is 6.29. The largest absolute Gasteiger partial charge is 0.458 e. The fourth-order valence-electron chi connectivity index (χ4n) is 4.24. The van der Waals surface area contributed by atoms with Crippen molar-refractivity contribution in [1.82, 2.24) is 0 Å². The topological polar surface area (TPSA) is 43.4 Å². The van der Waals surface area contributed by atoms with Crippen LogP contribution in [0.5, 0.6) is 0 Å². The average molecular weight is 271 g/mol. The summed E-state index contributed by atoms with van der Waals surface area (Å²) in [7, 11) is 0. The zero-order valence-electron chi connectivity index (χ0n) is 10.7. The van der Waals surface area contributed by atoms with Gasteiger partial charge in [-0.25, -0.2) is 0 Å². The third-order valence-corrected chi connectivity index (χ3v) is 5.36. The van der Waals surface area contributed by atoms with E-state index in [1.165, 1.54) is 0 Å². The van der Waals surface area contributed by atoms with Crippen LogP contribution in [0.15, 0.2) is 0 Å². The molecule has 100 valence electrons. The number of Topliss-reactive ketones (excluding diaryl/α,β-unsaturated/α-hetero) is 1. The SMILES string of the molecule is CCC(Cl)C(=O)OC12CC3CC(C1)C(=O)C(C3)C2. The van der Waals surface area contributed by atoms with E-state index in [4.69, 9.17) is 16.3 Å². The molecular weight excluding hydrogens is 252 g/mol. The molecule has 3 unspecified atom stereocenters. The van der Waals surface area contributed by atoms with Gasteiger partial charge >= 0.3 is 5.97 Å². The van der Waals surface area contributed by atoms with E-state index in [9.17, 15) is 9.59 Å². The number of hydrogen-bond acceptors (Lipinski definition) is 3. The molecule has 0 aliphatic heterocycles. The van der Waals surface area contributed by atoms with Gasteiger partial charge < -0.3 is 4.74 Å². The van der Waals surface area contributed by atoms with Crippen molar-refractivity contribution in [3.8, 4) is 0 Å². The lowest BCUT2D eigenvalue weighted by Gasteiger charge is -2.54. The molecule has 3 atom stereocenters. The maximum atomic E-state index is 12.0. The zero-order valence-corrected chi connectivity index (χ0v) is 11.4. The lowest BCUT2D eigenvalue weighted by atomic mass is 9.53. The highest BCUT2D eigenvalue weighted by Crippen LogP contribution is 2.55. The predicted octanol–water partition coefficient (Wildman–Crippen LogP) is 2.69. The molecule has 0 spiro atoms. The van der Waals surface area contributed by atoms with Crippen molar-refractivity contribution in [3.63, 3.8) is 0 Å². The molecule has 0 amide bonds. The van der Waals surface area contributed by atoms with Crippen LogP contribution in [-0.4, -0.2) is 22.7 Å². The van der Waals surface area contributed by atoms with Gasteiger partial charge in [-0.15, -0.1) is 11.6 Å². The summed E-state index contributed by atoms with van der Waals surface area (Å²) in [4.78, 5) is 23.9. The number of alkyl halides is 1. The lowest BCUT2D eigenvalue weighted by molar-refractivity contribution is -0.189. The Bertz CT molecular complexity index is 375. The quantitative estimate of drug-likeness (QED) is 0.585. The molecule has 0 heterocycles. The van der Waals surface area contributed by atoms with Crippen molar-refractivity contribution in [1.29, 1.82) is 0 Å². The van der Waals surface area contributed by atoms with Crippen molar-refractivity contribution in [2.45, 2.75) is 56.4 Å². The van der Waals surface area contributed by atoms with Gasteiger partial charge in [0.2, 0.25) is 0 Å². The Morgan fingerprint density at radius 3 is 2.56 bits per heavy atom. The average Bonchev–Trinajstić information content (AvgIpc) is 2.33. The van der Waals surface area contributed by atoms with Crippen LogP contribution in [0.2, 0.25) is 0 Å². The molecule has 4 saturated carbocycles. The second-order valence-electron chi connectivity index (χ2n) is 6.23. The monoisotopic (exact) mass is 270 g/mol. The Morgan fingerprint density at radius 1 is 1.39 bits per heavy atom. The molecular formula is C14H19ClO3. The third kappa shape index (κ3) is 1.87. The van der Waals surface area contributed by atoms with Gasteiger partial charge in [-0.3, -0.25) is 9.59 Å². The van der Waals surface area contributed by atoms with Crippen LogP contribution in [0.25, 0.3) is 0 Å². The van der Waals surface area contributed by atoms with Gasteiger partial charge in [0.25, 0.3) is 0 Å². The van der Waals surface area contributed by atoms with Gasteiger partial charge in [0, 0.05) is 11.8 Å². The number of ketones is 1. The van der Waals surface area contributed by atoms with E-state index in [2.05, 4.69) is 0 Å². The molecule has 4 rings (SSSR count). The summed E-state index contributed by atoms with van der Waals surface area (Å²) in [5, 5.41) is -0.547. The van der Waals surface area contributed by atoms with E-state index in [1.54, 1.807) is 0 Å². The molecule has 18 heavy (non-hydrogen) atoms. The van der Waals surface area contributed by atoms with E-state index in [-0.39, 0.29) is 23.4 Å². The molecule has 0 aromatic rings. The second kappa shape index (κ2) is 4.22. The van der Waals surface area contributed by atoms with E-state index in [0.717, 1.165) is 32.1 Å². The Hall–Kier alpha value is -0.570. The smallest absolute Gasteiger partial charge is 0.324 e. The number of halogens is 1. The van der Waals surface area contributed by atoms with Crippen molar-refractivity contribution in [3.05, 3.63) is 0 Å². The first kappa shape index (κ1) is 12.5. The van der Waals surface area contributed by atoms with Crippen LogP contribution in [0.1, 0.15) is 45.4 Å². The number of carbonyl (C=O) groups excluding carboxylic acids is 2. The molecule has 4 heteroatoms. The Labute approximate surface area is 112 Å². The number of hydrogen-bond donors (Lipinski definition) is 0. The van der Waals surface area contributed by atoms with E-state index >= 15 is 0 Å². The first-order valence-corrected chi connectivity index (χ1v) is 7.37. The molecule has 0 saturated heterocycles. The Morgan fingerprint density at radius 2 is 2.00 bits per heavy atom. The van der Waals surface area contributed by atoms with Gasteiger partial charge in [-0.05, 0) is 44.4 Å². The minimum atomic E-state index is -0.547. The van der Waals surface area contributed by atoms with Crippen molar-refractivity contribution >= 4 is 23.4 Å². The number of ether oxygens (including phenoxy) is 1. The third-order valence-electron chi connectivity index (χ3n) is 4.87. The zero-order chi connectivity index (χ0) is 12.9. The lowest BCUT2D eigenvalue weighted by Crippen LogP contribution is -2.57. The molecule has 0 aromatic carbocycles. The fraction of sp³-hybridized carbons (Fsp3) is 0.857. The highest BCUT2D eigenvalue weighted by Gasteiger charge is 2.57. The van der Waals surface area contributed by atoms with Gasteiger partial charge in [0.05, 0.1) is 0 Å². The summed E-state index contributed by atoms with van der Waals surface area (Å²) >= 11 is 5.94. The van der Waals surface area contributed by atoms with Crippen LogP contribution in [0.4, 0.5) is 0 Å². The minimum Gasteiger partial charge on any atom is -0.458 e. The number of esters is 1. The maximum absolute atomic E-state index is 12.0. The fourth-order valence-corrected chi connectivity index (χ4v) is 4.29. The summed E-state index contributed by atoms with van der Waals surface area (Å²) in [5.41, 5.74) is -0.371. The summed E-state index contributed by atoms with van der Waals surface area (Å²) in [6.45, 7) is 1.88. The van der Waals surface area contributed by atoms with Crippen LogP contribution in [0, 0.1) is 17.8 Å². The summed E-state index contributed by atoms with van der Waals surface area (Å²) in [6.07, 6.45) is 5.01. The minimum absolute atomic E-state index is 0.138. The van der Waals surface area contributed by atoms with Crippen LogP contribution < -0.4 is 0 Å². The van der Waals surface area contributed by atoms with E-state index in [1.807, 2.05) is 6.92 Å². The van der Waals surface area contributed by atoms with E-state index < -0.39 is 5.38 Å². The summed E-state index contributed by atoms with van der Waals surface area (Å²) < 4.78 is 5.73. The molecule has 4 aliphatic carbocycles. The van der Waals surface area contributed by atoms with E-state index in [0.29, 0.717) is 18.1 Å². The number of rotatable bonds is 3.